The number of aromatic nitrogens is 3. The first kappa shape index (κ1) is 31.3. The van der Waals surface area contributed by atoms with Crippen molar-refractivity contribution in [3.05, 3.63) is 54.2 Å². The number of carboxylic acid groups (broad SMARTS) is 2. The summed E-state index contributed by atoms with van der Waals surface area (Å²) in [4.78, 5) is 83.3. The van der Waals surface area contributed by atoms with Crippen LogP contribution < -0.4 is 27.4 Å². The van der Waals surface area contributed by atoms with E-state index in [1.54, 1.807) is 24.4 Å². The number of carbonyl (C=O) groups excluding carboxylic acids is 4. The van der Waals surface area contributed by atoms with Crippen molar-refractivity contribution in [2.24, 2.45) is 11.5 Å². The van der Waals surface area contributed by atoms with Gasteiger partial charge in [0.2, 0.25) is 23.6 Å². The second-order valence-electron chi connectivity index (χ2n) is 9.58. The Hall–Kier alpha value is -5.25. The number of nitrogens with one attached hydrogen (secondary N) is 5. The number of para-hydroxylation sites is 1. The zero-order chi connectivity index (χ0) is 30.8. The molecule has 0 aliphatic carbocycles. The van der Waals surface area contributed by atoms with Crippen LogP contribution in [0.5, 0.6) is 0 Å². The van der Waals surface area contributed by atoms with Crippen molar-refractivity contribution in [1.29, 1.82) is 0 Å². The van der Waals surface area contributed by atoms with Crippen LogP contribution in [-0.4, -0.2) is 84.9 Å². The van der Waals surface area contributed by atoms with Gasteiger partial charge in [0, 0.05) is 48.3 Å². The second-order valence-corrected chi connectivity index (χ2v) is 9.58. The maximum atomic E-state index is 13.5. The van der Waals surface area contributed by atoms with E-state index in [4.69, 9.17) is 16.6 Å². The maximum Gasteiger partial charge on any atom is 0.326 e. The van der Waals surface area contributed by atoms with Gasteiger partial charge in [0.15, 0.2) is 0 Å². The number of primary amides is 1. The Balaban J connectivity index is 1.83. The summed E-state index contributed by atoms with van der Waals surface area (Å²) in [6.45, 7) is 0. The number of nitrogens with zero attached hydrogens (tertiary/aromatic N) is 1. The first-order valence-corrected chi connectivity index (χ1v) is 12.9. The van der Waals surface area contributed by atoms with E-state index in [9.17, 15) is 33.9 Å². The van der Waals surface area contributed by atoms with E-state index >= 15 is 0 Å². The van der Waals surface area contributed by atoms with Crippen LogP contribution in [0.4, 0.5) is 0 Å². The van der Waals surface area contributed by atoms with Crippen molar-refractivity contribution in [3.8, 4) is 0 Å². The molecule has 224 valence electrons. The Kier molecular flexibility index (Phi) is 10.7. The average Bonchev–Trinajstić information content (AvgIpc) is 3.59. The Bertz CT molecular complexity index is 1440. The number of amides is 4. The summed E-state index contributed by atoms with van der Waals surface area (Å²) in [6, 6.07) is 1.57. The Morgan fingerprint density at radius 3 is 2.19 bits per heavy atom. The number of aliphatic carboxylic acids is 2. The number of hydrogen-bond acceptors (Lipinski definition) is 8. The molecule has 16 nitrogen and oxygen atoms in total. The number of carbonyl (C=O) groups is 6. The summed E-state index contributed by atoms with van der Waals surface area (Å²) < 4.78 is 0. The quantitative estimate of drug-likeness (QED) is 0.0918. The van der Waals surface area contributed by atoms with Crippen LogP contribution in [0.25, 0.3) is 10.9 Å². The van der Waals surface area contributed by atoms with Crippen LogP contribution in [0.15, 0.2) is 43.0 Å². The number of aromatic amines is 2. The molecular formula is C26H32N8O8. The molecule has 0 spiro atoms. The molecule has 16 heteroatoms. The summed E-state index contributed by atoms with van der Waals surface area (Å²) in [7, 11) is 0. The van der Waals surface area contributed by atoms with Crippen molar-refractivity contribution in [1.82, 2.24) is 30.9 Å². The highest BCUT2D eigenvalue weighted by molar-refractivity contribution is 5.95. The molecule has 0 bridgehead atoms. The van der Waals surface area contributed by atoms with Gasteiger partial charge < -0.3 is 47.6 Å². The molecule has 4 atom stereocenters. The first-order valence-electron chi connectivity index (χ1n) is 12.9. The maximum absolute atomic E-state index is 13.5. The molecule has 3 rings (SSSR count). The van der Waals surface area contributed by atoms with Crippen LogP contribution >= 0.6 is 0 Å². The molecule has 0 saturated carbocycles. The molecular weight excluding hydrogens is 552 g/mol. The largest absolute Gasteiger partial charge is 0.481 e. The Morgan fingerprint density at radius 1 is 0.881 bits per heavy atom. The zero-order valence-electron chi connectivity index (χ0n) is 22.3. The van der Waals surface area contributed by atoms with Crippen LogP contribution in [0.2, 0.25) is 0 Å². The first-order chi connectivity index (χ1) is 19.9. The molecule has 11 N–H and O–H groups in total. The minimum Gasteiger partial charge on any atom is -0.481 e. The van der Waals surface area contributed by atoms with Crippen molar-refractivity contribution in [3.63, 3.8) is 0 Å². The highest BCUT2D eigenvalue weighted by atomic mass is 16.4. The normalized spacial score (nSPS) is 13.8. The highest BCUT2D eigenvalue weighted by Crippen LogP contribution is 2.19. The van der Waals surface area contributed by atoms with E-state index in [-0.39, 0.29) is 25.7 Å². The van der Waals surface area contributed by atoms with E-state index in [1.807, 2.05) is 6.07 Å². The minimum atomic E-state index is -1.46. The number of H-pyrrole nitrogens is 2. The fourth-order valence-corrected chi connectivity index (χ4v) is 4.21. The third kappa shape index (κ3) is 8.88. The van der Waals surface area contributed by atoms with Gasteiger partial charge in [-0.2, -0.15) is 0 Å². The fourth-order valence-electron chi connectivity index (χ4n) is 4.21. The third-order valence-electron chi connectivity index (χ3n) is 6.37. The van der Waals surface area contributed by atoms with Crippen LogP contribution in [-0.2, 0) is 41.6 Å². The van der Waals surface area contributed by atoms with E-state index < -0.39 is 66.2 Å². The predicted molar refractivity (Wildman–Crippen MR) is 146 cm³/mol. The number of imidazole rings is 1. The highest BCUT2D eigenvalue weighted by Gasteiger charge is 2.31. The SMILES string of the molecule is NC(=O)CCC(NC(=O)C(Cc1c[nH]c2ccccc12)NC(=O)C(N)CC(=O)O)C(=O)NC(Cc1cnc[nH]1)C(=O)O. The molecule has 1 aromatic carbocycles. The molecule has 0 radical (unpaired) electrons. The lowest BCUT2D eigenvalue weighted by atomic mass is 10.0. The third-order valence-corrected chi connectivity index (χ3v) is 6.37. The van der Waals surface area contributed by atoms with Crippen molar-refractivity contribution >= 4 is 46.5 Å². The van der Waals surface area contributed by atoms with E-state index in [0.717, 1.165) is 10.9 Å². The lowest BCUT2D eigenvalue weighted by molar-refractivity contribution is -0.142. The lowest BCUT2D eigenvalue weighted by Crippen LogP contribution is -2.58. The summed E-state index contributed by atoms with van der Waals surface area (Å²) in [5.41, 5.74) is 12.8. The lowest BCUT2D eigenvalue weighted by Gasteiger charge is -2.25. The molecule has 2 heterocycles. The fraction of sp³-hybridized carbons (Fsp3) is 0.346. The number of fused-ring (bicyclic) bond motifs is 1. The number of hydrogen-bond donors (Lipinski definition) is 9. The zero-order valence-corrected chi connectivity index (χ0v) is 22.3. The summed E-state index contributed by atoms with van der Waals surface area (Å²) in [5.74, 6) is -6.12. The molecule has 3 aromatic rings. The van der Waals surface area contributed by atoms with Crippen molar-refractivity contribution < 1.29 is 39.0 Å². The van der Waals surface area contributed by atoms with Gasteiger partial charge in [-0.25, -0.2) is 9.78 Å². The predicted octanol–water partition coefficient (Wildman–Crippen LogP) is -1.72. The molecule has 2 aromatic heterocycles. The standard InChI is InChI=1S/C26H32N8O8/c27-16(9-22(36)37)23(38)33-19(7-13-10-30-17-4-2-1-3-15(13)17)25(40)32-18(5-6-21(28)35)24(39)34-20(26(41)42)8-14-11-29-12-31-14/h1-4,10-12,16,18-20,30H,5-9,27H2,(H2,28,35)(H,29,31)(H,32,40)(H,33,38)(H,34,39)(H,36,37)(H,41,42). The minimum absolute atomic E-state index is 0.0802. The van der Waals surface area contributed by atoms with E-state index in [1.165, 1.54) is 12.5 Å². The summed E-state index contributed by atoms with van der Waals surface area (Å²) in [6.07, 6.45) is 2.87. The van der Waals surface area contributed by atoms with Gasteiger partial charge in [0.05, 0.1) is 18.8 Å². The summed E-state index contributed by atoms with van der Waals surface area (Å²) in [5, 5.41) is 26.6. The van der Waals surface area contributed by atoms with Gasteiger partial charge in [-0.15, -0.1) is 0 Å². The Labute approximate surface area is 238 Å². The van der Waals surface area contributed by atoms with Crippen LogP contribution in [0.3, 0.4) is 0 Å². The van der Waals surface area contributed by atoms with Gasteiger partial charge in [0.1, 0.15) is 18.1 Å². The van der Waals surface area contributed by atoms with Gasteiger partial charge in [-0.05, 0) is 18.1 Å². The monoisotopic (exact) mass is 584 g/mol. The average molecular weight is 585 g/mol. The number of carboxylic acids is 2. The molecule has 0 saturated heterocycles. The molecule has 4 unspecified atom stereocenters. The van der Waals surface area contributed by atoms with Crippen LogP contribution in [0.1, 0.15) is 30.5 Å². The van der Waals surface area contributed by atoms with Gasteiger partial charge >= 0.3 is 11.9 Å². The van der Waals surface area contributed by atoms with Crippen LogP contribution in [0, 0.1) is 0 Å². The van der Waals surface area contributed by atoms with E-state index in [0.29, 0.717) is 11.3 Å². The van der Waals surface area contributed by atoms with Gasteiger partial charge in [-0.3, -0.25) is 24.0 Å². The van der Waals surface area contributed by atoms with Crippen molar-refractivity contribution in [2.75, 3.05) is 0 Å². The number of benzene rings is 1. The van der Waals surface area contributed by atoms with Gasteiger partial charge in [-0.1, -0.05) is 18.2 Å². The molecule has 0 aliphatic heterocycles. The van der Waals surface area contributed by atoms with Gasteiger partial charge in [0.25, 0.3) is 0 Å². The number of rotatable bonds is 16. The second kappa shape index (κ2) is 14.4. The molecule has 42 heavy (non-hydrogen) atoms. The number of nitrogens with two attached hydrogens (primary N) is 2. The smallest absolute Gasteiger partial charge is 0.326 e. The summed E-state index contributed by atoms with van der Waals surface area (Å²) >= 11 is 0. The van der Waals surface area contributed by atoms with Crippen molar-refractivity contribution in [2.45, 2.75) is 56.3 Å². The Morgan fingerprint density at radius 2 is 1.55 bits per heavy atom. The topological polar surface area (TPSA) is 275 Å². The van der Waals surface area contributed by atoms with E-state index in [2.05, 4.69) is 30.9 Å². The molecule has 4 amide bonds. The molecule has 0 aliphatic rings. The molecule has 0 fully saturated rings.